The SMILES string of the molecule is CC(C)(C)COc1ccc(-c2nc(O)nc(-c3cc(CNC(=O)C(C)(C)C(C)(F)F)ccc3Cl)n2)cc1. The van der Waals surface area contributed by atoms with Crippen molar-refractivity contribution in [2.24, 2.45) is 10.8 Å². The molecule has 1 heterocycles. The van der Waals surface area contributed by atoms with Crippen LogP contribution in [0.5, 0.6) is 11.8 Å². The molecule has 7 nitrogen and oxygen atoms in total. The summed E-state index contributed by atoms with van der Waals surface area (Å²) in [5, 5.41) is 13.0. The Bertz CT molecular complexity index is 1270. The molecule has 1 aromatic heterocycles. The quantitative estimate of drug-likeness (QED) is 0.354. The van der Waals surface area contributed by atoms with Gasteiger partial charge in [0.2, 0.25) is 5.91 Å². The van der Waals surface area contributed by atoms with Crippen LogP contribution < -0.4 is 10.1 Å². The van der Waals surface area contributed by atoms with E-state index in [4.69, 9.17) is 16.3 Å². The first-order valence-corrected chi connectivity index (χ1v) is 12.1. The van der Waals surface area contributed by atoms with E-state index in [0.717, 1.165) is 0 Å². The predicted octanol–water partition coefficient (Wildman–Crippen LogP) is 6.29. The minimum atomic E-state index is -3.20. The number of hydrogen-bond acceptors (Lipinski definition) is 6. The number of halogens is 3. The number of ether oxygens (including phenoxy) is 1. The number of aromatic nitrogens is 3. The monoisotopic (exact) mass is 532 g/mol. The van der Waals surface area contributed by atoms with Crippen LogP contribution in [0.2, 0.25) is 5.02 Å². The highest BCUT2D eigenvalue weighted by Crippen LogP contribution is 2.36. The number of benzene rings is 2. The molecule has 2 aromatic carbocycles. The van der Waals surface area contributed by atoms with Crippen molar-refractivity contribution in [3.63, 3.8) is 0 Å². The number of carbonyl (C=O) groups excluding carboxylic acids is 1. The summed E-state index contributed by atoms with van der Waals surface area (Å²) in [6, 6.07) is 11.5. The fraction of sp³-hybridized carbons (Fsp3) is 0.407. The van der Waals surface area contributed by atoms with Crippen molar-refractivity contribution in [2.45, 2.75) is 54.0 Å². The van der Waals surface area contributed by atoms with Gasteiger partial charge in [-0.05, 0) is 61.2 Å². The molecule has 0 fully saturated rings. The molecule has 3 aromatic rings. The van der Waals surface area contributed by atoms with Gasteiger partial charge in [-0.1, -0.05) is 38.4 Å². The van der Waals surface area contributed by atoms with Gasteiger partial charge in [-0.2, -0.15) is 9.97 Å². The molecule has 0 atom stereocenters. The minimum Gasteiger partial charge on any atom is -0.493 e. The van der Waals surface area contributed by atoms with Crippen molar-refractivity contribution >= 4 is 17.5 Å². The van der Waals surface area contributed by atoms with Gasteiger partial charge < -0.3 is 15.2 Å². The molecule has 0 aliphatic rings. The van der Waals surface area contributed by atoms with Gasteiger partial charge in [0.1, 0.15) is 11.2 Å². The van der Waals surface area contributed by atoms with E-state index in [0.29, 0.717) is 41.0 Å². The number of nitrogens with one attached hydrogen (secondary N) is 1. The summed E-state index contributed by atoms with van der Waals surface area (Å²) in [7, 11) is 0. The average molecular weight is 533 g/mol. The van der Waals surface area contributed by atoms with E-state index in [1.165, 1.54) is 13.8 Å². The van der Waals surface area contributed by atoms with E-state index >= 15 is 0 Å². The van der Waals surface area contributed by atoms with Crippen LogP contribution in [-0.2, 0) is 11.3 Å². The topological polar surface area (TPSA) is 97.2 Å². The lowest BCUT2D eigenvalue weighted by molar-refractivity contribution is -0.151. The number of amides is 1. The van der Waals surface area contributed by atoms with Crippen molar-refractivity contribution in [2.75, 3.05) is 6.61 Å². The molecule has 10 heteroatoms. The molecule has 37 heavy (non-hydrogen) atoms. The molecule has 0 saturated carbocycles. The van der Waals surface area contributed by atoms with Gasteiger partial charge in [0.05, 0.1) is 11.6 Å². The Hall–Kier alpha value is -3.33. The number of carbonyl (C=O) groups is 1. The lowest BCUT2D eigenvalue weighted by Crippen LogP contribution is -2.47. The van der Waals surface area contributed by atoms with Crippen molar-refractivity contribution in [1.82, 2.24) is 20.3 Å². The third kappa shape index (κ3) is 7.13. The molecule has 1 amide bonds. The first kappa shape index (κ1) is 28.2. The Morgan fingerprint density at radius 2 is 1.59 bits per heavy atom. The highest BCUT2D eigenvalue weighted by atomic mass is 35.5. The zero-order valence-corrected chi connectivity index (χ0v) is 22.5. The molecular formula is C27H31ClF2N4O3. The summed E-state index contributed by atoms with van der Waals surface area (Å²) < 4.78 is 33.4. The molecule has 0 aliphatic heterocycles. The first-order valence-electron chi connectivity index (χ1n) is 11.7. The van der Waals surface area contributed by atoms with E-state index in [1.807, 2.05) is 0 Å². The Morgan fingerprint density at radius 1 is 0.973 bits per heavy atom. The molecule has 0 saturated heterocycles. The van der Waals surface area contributed by atoms with Crippen LogP contribution in [0.3, 0.4) is 0 Å². The summed E-state index contributed by atoms with van der Waals surface area (Å²) in [6.07, 6.45) is 0. The van der Waals surface area contributed by atoms with Crippen molar-refractivity contribution in [1.29, 1.82) is 0 Å². The molecule has 0 radical (unpaired) electrons. The van der Waals surface area contributed by atoms with Crippen LogP contribution in [0.1, 0.15) is 47.1 Å². The van der Waals surface area contributed by atoms with Gasteiger partial charge in [-0.3, -0.25) is 4.79 Å². The summed E-state index contributed by atoms with van der Waals surface area (Å²) in [4.78, 5) is 24.9. The van der Waals surface area contributed by atoms with Crippen LogP contribution in [-0.4, -0.2) is 38.5 Å². The number of hydrogen-bond donors (Lipinski definition) is 2. The maximum Gasteiger partial charge on any atom is 0.318 e. The third-order valence-electron chi connectivity index (χ3n) is 5.80. The van der Waals surface area contributed by atoms with Crippen molar-refractivity contribution in [3.8, 4) is 34.5 Å². The molecule has 0 unspecified atom stereocenters. The molecule has 198 valence electrons. The highest BCUT2D eigenvalue weighted by Gasteiger charge is 2.47. The van der Waals surface area contributed by atoms with Gasteiger partial charge in [0, 0.05) is 24.6 Å². The van der Waals surface area contributed by atoms with Gasteiger partial charge in [0.25, 0.3) is 5.92 Å². The van der Waals surface area contributed by atoms with Crippen molar-refractivity contribution in [3.05, 3.63) is 53.1 Å². The summed E-state index contributed by atoms with van der Waals surface area (Å²) >= 11 is 6.38. The molecule has 0 bridgehead atoms. The predicted molar refractivity (Wildman–Crippen MR) is 139 cm³/mol. The molecular weight excluding hydrogens is 502 g/mol. The van der Waals surface area contributed by atoms with Crippen LogP contribution >= 0.6 is 11.6 Å². The smallest absolute Gasteiger partial charge is 0.318 e. The number of rotatable bonds is 8. The zero-order chi connectivity index (χ0) is 27.6. The standard InChI is InChI=1S/C27H31ClF2N4O3/c1-25(2,3)15-37-18-10-8-17(9-11-18)21-32-22(34-24(36)33-21)19-13-16(7-12-20(19)28)14-31-23(35)26(4,5)27(6,29)30/h7-13H,14-15H2,1-6H3,(H,31,35)(H,32,33,34,36). The maximum absolute atomic E-state index is 13.8. The second-order valence-electron chi connectivity index (χ2n) is 10.7. The lowest BCUT2D eigenvalue weighted by atomic mass is 9.85. The average Bonchev–Trinajstić information content (AvgIpc) is 2.80. The number of nitrogens with zero attached hydrogens (tertiary/aromatic N) is 3. The molecule has 0 aliphatic carbocycles. The van der Waals surface area contributed by atoms with Crippen molar-refractivity contribution < 1.29 is 23.4 Å². The van der Waals surface area contributed by atoms with Crippen LogP contribution in [0.4, 0.5) is 8.78 Å². The van der Waals surface area contributed by atoms with E-state index < -0.39 is 23.3 Å². The lowest BCUT2D eigenvalue weighted by Gasteiger charge is -2.29. The zero-order valence-electron chi connectivity index (χ0n) is 21.7. The fourth-order valence-electron chi connectivity index (χ4n) is 3.07. The minimum absolute atomic E-state index is 0.0114. The normalized spacial score (nSPS) is 12.4. The van der Waals surface area contributed by atoms with E-state index in [1.54, 1.807) is 42.5 Å². The number of aromatic hydroxyl groups is 1. The first-order chi connectivity index (χ1) is 17.1. The van der Waals surface area contributed by atoms with E-state index in [-0.39, 0.29) is 23.6 Å². The second-order valence-corrected chi connectivity index (χ2v) is 11.1. The Labute approximate surface area is 220 Å². The van der Waals surface area contributed by atoms with Crippen LogP contribution in [0.15, 0.2) is 42.5 Å². The third-order valence-corrected chi connectivity index (χ3v) is 6.13. The molecule has 0 spiro atoms. The Kier molecular flexibility index (Phi) is 8.07. The van der Waals surface area contributed by atoms with E-state index in [2.05, 4.69) is 41.0 Å². The van der Waals surface area contributed by atoms with Gasteiger partial charge >= 0.3 is 6.01 Å². The Morgan fingerprint density at radius 3 is 2.19 bits per heavy atom. The summed E-state index contributed by atoms with van der Waals surface area (Å²) in [6.45, 7) is 9.87. The van der Waals surface area contributed by atoms with Gasteiger partial charge in [-0.15, -0.1) is 0 Å². The van der Waals surface area contributed by atoms with Gasteiger partial charge in [-0.25, -0.2) is 13.8 Å². The highest BCUT2D eigenvalue weighted by molar-refractivity contribution is 6.33. The molecule has 2 N–H and O–H groups in total. The number of alkyl halides is 2. The van der Waals surface area contributed by atoms with E-state index in [9.17, 15) is 18.7 Å². The fourth-order valence-corrected chi connectivity index (χ4v) is 3.27. The van der Waals surface area contributed by atoms with Crippen LogP contribution in [0, 0.1) is 10.8 Å². The summed E-state index contributed by atoms with van der Waals surface area (Å²) in [5.74, 6) is -2.94. The molecule has 3 rings (SSSR count). The van der Waals surface area contributed by atoms with Crippen LogP contribution in [0.25, 0.3) is 22.8 Å². The second kappa shape index (κ2) is 10.6. The summed E-state index contributed by atoms with van der Waals surface area (Å²) in [5.41, 5.74) is -0.266. The largest absolute Gasteiger partial charge is 0.493 e. The van der Waals surface area contributed by atoms with Gasteiger partial charge in [0.15, 0.2) is 11.6 Å². The Balaban J connectivity index is 1.84. The maximum atomic E-state index is 13.8.